The van der Waals surface area contributed by atoms with Crippen molar-refractivity contribution in [3.63, 3.8) is 0 Å². The Balaban J connectivity index is 2.37. The highest BCUT2D eigenvalue weighted by atomic mass is 79.9. The largest absolute Gasteiger partial charge is 0.360 e. The maximum absolute atomic E-state index is 11.4. The Morgan fingerprint density at radius 1 is 1.53 bits per heavy atom. The number of halogens is 1. The molecule has 2 rings (SSSR count). The second-order valence-electron chi connectivity index (χ2n) is 3.35. The number of thiol groups is 1. The van der Waals surface area contributed by atoms with Crippen molar-refractivity contribution in [1.29, 1.82) is 0 Å². The number of benzene rings is 1. The third kappa shape index (κ3) is 2.29. The van der Waals surface area contributed by atoms with E-state index in [9.17, 15) is 4.79 Å². The number of nitrogens with zero attached hydrogens (tertiary/aromatic N) is 1. The first kappa shape index (κ1) is 10.8. The van der Waals surface area contributed by atoms with Gasteiger partial charge in [0, 0.05) is 16.8 Å². The van der Waals surface area contributed by atoms with Gasteiger partial charge in [-0.25, -0.2) is 0 Å². The van der Waals surface area contributed by atoms with Gasteiger partial charge < -0.3 is 10.2 Å². The van der Waals surface area contributed by atoms with Crippen LogP contribution in [-0.4, -0.2) is 24.7 Å². The lowest BCUT2D eigenvalue weighted by Crippen LogP contribution is -2.39. The minimum Gasteiger partial charge on any atom is -0.360 e. The van der Waals surface area contributed by atoms with Gasteiger partial charge in [0.05, 0.1) is 17.9 Å². The topological polar surface area (TPSA) is 32.3 Å². The molecule has 0 bridgehead atoms. The van der Waals surface area contributed by atoms with E-state index in [0.29, 0.717) is 6.54 Å². The molecule has 0 saturated heterocycles. The van der Waals surface area contributed by atoms with Gasteiger partial charge in [-0.3, -0.25) is 4.79 Å². The molecule has 5 heteroatoms. The molecule has 0 aromatic heterocycles. The van der Waals surface area contributed by atoms with Gasteiger partial charge in [0.1, 0.15) is 0 Å². The highest BCUT2D eigenvalue weighted by Gasteiger charge is 2.20. The highest BCUT2D eigenvalue weighted by Crippen LogP contribution is 2.31. The number of nitrogens with one attached hydrogen (secondary N) is 1. The van der Waals surface area contributed by atoms with E-state index in [0.717, 1.165) is 28.1 Å². The van der Waals surface area contributed by atoms with Crippen molar-refractivity contribution in [3.05, 3.63) is 22.7 Å². The fourth-order valence-corrected chi connectivity index (χ4v) is 2.26. The van der Waals surface area contributed by atoms with Crippen LogP contribution in [0.2, 0.25) is 0 Å². The molecule has 1 aromatic carbocycles. The molecule has 1 heterocycles. The zero-order chi connectivity index (χ0) is 10.8. The van der Waals surface area contributed by atoms with Crippen LogP contribution in [0.3, 0.4) is 0 Å². The summed E-state index contributed by atoms with van der Waals surface area (Å²) in [6.07, 6.45) is 0. The van der Waals surface area contributed by atoms with Crippen LogP contribution in [0.15, 0.2) is 22.7 Å². The summed E-state index contributed by atoms with van der Waals surface area (Å²) in [5, 5.41) is 2.85. The van der Waals surface area contributed by atoms with E-state index in [4.69, 9.17) is 0 Å². The van der Waals surface area contributed by atoms with Crippen LogP contribution in [0.1, 0.15) is 0 Å². The third-order valence-electron chi connectivity index (χ3n) is 2.28. The molecule has 0 unspecified atom stereocenters. The first-order chi connectivity index (χ1) is 7.20. The van der Waals surface area contributed by atoms with Crippen LogP contribution < -0.4 is 10.2 Å². The smallest absolute Gasteiger partial charge is 0.243 e. The minimum absolute atomic E-state index is 0.0300. The summed E-state index contributed by atoms with van der Waals surface area (Å²) in [4.78, 5) is 13.5. The molecule has 3 nitrogen and oxygen atoms in total. The molecule has 1 aliphatic rings. The standard InChI is InChI=1S/C10H11BrN2OS/c11-7-1-2-9-8(5-7)12-10(14)6-13(9)3-4-15/h1-2,5,15H,3-4,6H2,(H,12,14). The molecule has 0 saturated carbocycles. The number of anilines is 2. The van der Waals surface area contributed by atoms with Gasteiger partial charge in [0.15, 0.2) is 0 Å². The summed E-state index contributed by atoms with van der Waals surface area (Å²) in [6, 6.07) is 5.89. The van der Waals surface area contributed by atoms with E-state index in [1.165, 1.54) is 0 Å². The van der Waals surface area contributed by atoms with Gasteiger partial charge in [-0.2, -0.15) is 12.6 Å². The van der Waals surface area contributed by atoms with E-state index in [-0.39, 0.29) is 5.91 Å². The van der Waals surface area contributed by atoms with Crippen molar-refractivity contribution < 1.29 is 4.79 Å². The van der Waals surface area contributed by atoms with Gasteiger partial charge in [-0.05, 0) is 18.2 Å². The molecule has 1 amide bonds. The van der Waals surface area contributed by atoms with Crippen LogP contribution in [-0.2, 0) is 4.79 Å². The van der Waals surface area contributed by atoms with Gasteiger partial charge in [0.25, 0.3) is 0 Å². The van der Waals surface area contributed by atoms with Crippen LogP contribution >= 0.6 is 28.6 Å². The number of carbonyl (C=O) groups excluding carboxylic acids is 1. The predicted octanol–water partition coefficient (Wildman–Crippen LogP) is 2.14. The average molecular weight is 287 g/mol. The molecule has 1 aliphatic heterocycles. The van der Waals surface area contributed by atoms with Crippen LogP contribution in [0.4, 0.5) is 11.4 Å². The Morgan fingerprint density at radius 3 is 3.07 bits per heavy atom. The summed E-state index contributed by atoms with van der Waals surface area (Å²) in [5.74, 6) is 0.769. The van der Waals surface area contributed by atoms with Crippen LogP contribution in [0, 0.1) is 0 Å². The maximum Gasteiger partial charge on any atom is 0.243 e. The fourth-order valence-electron chi connectivity index (χ4n) is 1.65. The third-order valence-corrected chi connectivity index (χ3v) is 2.97. The van der Waals surface area contributed by atoms with E-state index in [1.807, 2.05) is 23.1 Å². The van der Waals surface area contributed by atoms with Crippen molar-refractivity contribution in [2.24, 2.45) is 0 Å². The summed E-state index contributed by atoms with van der Waals surface area (Å²) in [5.41, 5.74) is 1.93. The van der Waals surface area contributed by atoms with Crippen molar-refractivity contribution in [2.45, 2.75) is 0 Å². The normalized spacial score (nSPS) is 14.8. The molecule has 15 heavy (non-hydrogen) atoms. The molecular weight excluding hydrogens is 276 g/mol. The lowest BCUT2D eigenvalue weighted by Gasteiger charge is -2.30. The molecule has 80 valence electrons. The second kappa shape index (κ2) is 4.45. The Hall–Kier alpha value is -0.680. The summed E-state index contributed by atoms with van der Waals surface area (Å²) in [6.45, 7) is 1.19. The zero-order valence-electron chi connectivity index (χ0n) is 8.03. The van der Waals surface area contributed by atoms with Gasteiger partial charge in [0.2, 0.25) is 5.91 Å². The lowest BCUT2D eigenvalue weighted by atomic mass is 10.2. The number of rotatable bonds is 2. The molecular formula is C10H11BrN2OS. The predicted molar refractivity (Wildman–Crippen MR) is 68.8 cm³/mol. The van der Waals surface area contributed by atoms with Crippen molar-refractivity contribution in [1.82, 2.24) is 0 Å². The van der Waals surface area contributed by atoms with Gasteiger partial charge >= 0.3 is 0 Å². The second-order valence-corrected chi connectivity index (χ2v) is 4.72. The van der Waals surface area contributed by atoms with Crippen molar-refractivity contribution in [2.75, 3.05) is 29.1 Å². The van der Waals surface area contributed by atoms with E-state index >= 15 is 0 Å². The quantitative estimate of drug-likeness (QED) is 0.817. The molecule has 0 atom stereocenters. The molecule has 0 radical (unpaired) electrons. The van der Waals surface area contributed by atoms with Crippen LogP contribution in [0.25, 0.3) is 0 Å². The SMILES string of the molecule is O=C1CN(CCS)c2ccc(Br)cc2N1. The Bertz CT molecular complexity index is 397. The molecule has 1 aromatic rings. The lowest BCUT2D eigenvalue weighted by molar-refractivity contribution is -0.115. The fraction of sp³-hybridized carbons (Fsp3) is 0.300. The zero-order valence-corrected chi connectivity index (χ0v) is 10.5. The van der Waals surface area contributed by atoms with Crippen molar-refractivity contribution >= 4 is 45.8 Å². The number of hydrogen-bond donors (Lipinski definition) is 2. The first-order valence-corrected chi connectivity index (χ1v) is 6.08. The molecule has 0 fully saturated rings. The Labute approximate surface area is 102 Å². The molecule has 0 spiro atoms. The monoisotopic (exact) mass is 286 g/mol. The molecule has 1 N–H and O–H groups in total. The van der Waals surface area contributed by atoms with E-state index in [2.05, 4.69) is 33.9 Å². The number of amides is 1. The van der Waals surface area contributed by atoms with Gasteiger partial charge in [-0.1, -0.05) is 15.9 Å². The van der Waals surface area contributed by atoms with Gasteiger partial charge in [-0.15, -0.1) is 0 Å². The summed E-state index contributed by atoms with van der Waals surface area (Å²) in [7, 11) is 0. The Morgan fingerprint density at radius 2 is 2.33 bits per heavy atom. The number of fused-ring (bicyclic) bond motifs is 1. The summed E-state index contributed by atoms with van der Waals surface area (Å²) < 4.78 is 0.967. The van der Waals surface area contributed by atoms with Crippen LogP contribution in [0.5, 0.6) is 0 Å². The number of carbonyl (C=O) groups is 1. The average Bonchev–Trinajstić information content (AvgIpc) is 2.17. The Kier molecular flexibility index (Phi) is 3.21. The maximum atomic E-state index is 11.4. The van der Waals surface area contributed by atoms with E-state index in [1.54, 1.807) is 0 Å². The molecule has 0 aliphatic carbocycles. The highest BCUT2D eigenvalue weighted by molar-refractivity contribution is 9.10. The van der Waals surface area contributed by atoms with Crippen molar-refractivity contribution in [3.8, 4) is 0 Å². The minimum atomic E-state index is 0.0300. The van der Waals surface area contributed by atoms with E-state index < -0.39 is 0 Å². The number of hydrogen-bond acceptors (Lipinski definition) is 3. The first-order valence-electron chi connectivity index (χ1n) is 4.66. The summed E-state index contributed by atoms with van der Waals surface area (Å²) >= 11 is 7.57.